The number of rotatable bonds is 13. The molecule has 1 aliphatic carbocycles. The molecule has 1 fully saturated rings. The second-order valence-electron chi connectivity index (χ2n) is 10.3. The number of hydrogen-bond acceptors (Lipinski definition) is 3. The van der Waals surface area contributed by atoms with Crippen molar-refractivity contribution in [3.8, 4) is 22.6 Å². The molecule has 3 aromatic carbocycles. The minimum Gasteiger partial charge on any atom is -0.494 e. The summed E-state index contributed by atoms with van der Waals surface area (Å²) >= 11 is 0. The van der Waals surface area contributed by atoms with Crippen LogP contribution in [0.1, 0.15) is 82.3 Å². The Hall–Kier alpha value is -2.99. The fourth-order valence-electron chi connectivity index (χ4n) is 5.00. The molecule has 1 aliphatic rings. The molecule has 0 aliphatic heterocycles. The lowest BCUT2D eigenvalue weighted by Crippen LogP contribution is -2.21. The smallest absolute Gasteiger partial charge is 0.166 e. The number of unbranched alkanes of at least 4 members (excludes halogenated alkanes) is 2. The van der Waals surface area contributed by atoms with Gasteiger partial charge in [-0.2, -0.15) is 0 Å². The van der Waals surface area contributed by atoms with Crippen molar-refractivity contribution in [2.45, 2.75) is 83.8 Å². The summed E-state index contributed by atoms with van der Waals surface area (Å²) in [6.07, 6.45) is 6.82. The minimum atomic E-state index is -0.810. The summed E-state index contributed by atoms with van der Waals surface area (Å²) in [5.41, 5.74) is 2.05. The lowest BCUT2D eigenvalue weighted by Gasteiger charge is -2.29. The van der Waals surface area contributed by atoms with Gasteiger partial charge in [-0.3, -0.25) is 0 Å². The van der Waals surface area contributed by atoms with Crippen molar-refractivity contribution < 1.29 is 27.4 Å². The normalized spacial score (nSPS) is 17.3. The van der Waals surface area contributed by atoms with E-state index >= 15 is 8.78 Å². The lowest BCUT2D eigenvalue weighted by molar-refractivity contribution is 0.0130. The largest absolute Gasteiger partial charge is 0.494 e. The van der Waals surface area contributed by atoms with Gasteiger partial charge in [-0.15, -0.1) is 0 Å². The molecule has 210 valence electrons. The standard InChI is InChI=1S/C33H39F3O3/c1-3-5-19-37-26-12-8-24(9-13-26)28-16-17-29(33(36)32(28)35)25-10-14-27(15-11-25)39-22-23-7-18-31(30(34)21-23)38-20-6-4-2/h7-9,12-13,16-18,21,25,27H,3-6,10-11,14-15,19-20,22H2,1-2H3. The van der Waals surface area contributed by atoms with E-state index in [1.54, 1.807) is 42.5 Å². The summed E-state index contributed by atoms with van der Waals surface area (Å²) in [7, 11) is 0. The fraction of sp³-hybridized carbons (Fsp3) is 0.455. The van der Waals surface area contributed by atoms with Crippen molar-refractivity contribution in [1.29, 1.82) is 0 Å². The van der Waals surface area contributed by atoms with Crippen LogP contribution in [-0.4, -0.2) is 19.3 Å². The molecular formula is C33H39F3O3. The van der Waals surface area contributed by atoms with Crippen LogP contribution in [-0.2, 0) is 11.3 Å². The molecule has 1 saturated carbocycles. The van der Waals surface area contributed by atoms with Crippen LogP contribution >= 0.6 is 0 Å². The zero-order chi connectivity index (χ0) is 27.6. The first-order valence-electron chi connectivity index (χ1n) is 14.2. The maximum atomic E-state index is 15.2. The van der Waals surface area contributed by atoms with E-state index in [9.17, 15) is 4.39 Å². The summed E-state index contributed by atoms with van der Waals surface area (Å²) < 4.78 is 61.8. The molecule has 0 atom stereocenters. The molecule has 3 aromatic rings. The van der Waals surface area contributed by atoms with Gasteiger partial charge >= 0.3 is 0 Å². The Balaban J connectivity index is 1.30. The monoisotopic (exact) mass is 540 g/mol. The molecule has 39 heavy (non-hydrogen) atoms. The van der Waals surface area contributed by atoms with Crippen LogP contribution in [0.15, 0.2) is 54.6 Å². The lowest BCUT2D eigenvalue weighted by atomic mass is 9.82. The van der Waals surface area contributed by atoms with Gasteiger partial charge < -0.3 is 14.2 Å². The quantitative estimate of drug-likeness (QED) is 0.202. The number of hydrogen-bond donors (Lipinski definition) is 0. The highest BCUT2D eigenvalue weighted by Gasteiger charge is 2.27. The second kappa shape index (κ2) is 14.4. The van der Waals surface area contributed by atoms with Crippen LogP contribution in [0.25, 0.3) is 11.1 Å². The Morgan fingerprint density at radius 1 is 0.744 bits per heavy atom. The Morgan fingerprint density at radius 3 is 2.10 bits per heavy atom. The third-order valence-electron chi connectivity index (χ3n) is 7.40. The first kappa shape index (κ1) is 29.0. The first-order chi connectivity index (χ1) is 19.0. The van der Waals surface area contributed by atoms with Gasteiger partial charge in [-0.1, -0.05) is 57.0 Å². The Kier molecular flexibility index (Phi) is 10.7. The maximum absolute atomic E-state index is 15.2. The van der Waals surface area contributed by atoms with Gasteiger partial charge in [0, 0.05) is 5.56 Å². The highest BCUT2D eigenvalue weighted by Crippen LogP contribution is 2.38. The van der Waals surface area contributed by atoms with Crippen molar-refractivity contribution in [2.75, 3.05) is 13.2 Å². The van der Waals surface area contributed by atoms with E-state index in [0.717, 1.165) is 49.8 Å². The molecule has 4 rings (SSSR count). The molecule has 0 bridgehead atoms. The SMILES string of the molecule is CCCCOc1ccc(-c2ccc(C3CCC(OCc4ccc(OCCCC)c(F)c4)CC3)c(F)c2F)cc1. The summed E-state index contributed by atoms with van der Waals surface area (Å²) in [6, 6.07) is 15.4. The van der Waals surface area contributed by atoms with Crippen LogP contribution in [0, 0.1) is 17.5 Å². The van der Waals surface area contributed by atoms with Gasteiger partial charge in [0.15, 0.2) is 23.2 Å². The molecule has 3 nitrogen and oxygen atoms in total. The molecule has 0 radical (unpaired) electrons. The predicted molar refractivity (Wildman–Crippen MR) is 149 cm³/mol. The molecule has 0 unspecified atom stereocenters. The summed E-state index contributed by atoms with van der Waals surface area (Å²) in [5.74, 6) is -1.02. The van der Waals surface area contributed by atoms with Crippen LogP contribution in [0.3, 0.4) is 0 Å². The van der Waals surface area contributed by atoms with Gasteiger partial charge in [0.2, 0.25) is 0 Å². The molecule has 0 N–H and O–H groups in total. The highest BCUT2D eigenvalue weighted by atomic mass is 19.2. The van der Waals surface area contributed by atoms with Gasteiger partial charge in [-0.25, -0.2) is 13.2 Å². The van der Waals surface area contributed by atoms with Gasteiger partial charge in [0.25, 0.3) is 0 Å². The van der Waals surface area contributed by atoms with Crippen molar-refractivity contribution in [3.63, 3.8) is 0 Å². The van der Waals surface area contributed by atoms with Crippen molar-refractivity contribution in [1.82, 2.24) is 0 Å². The predicted octanol–water partition coefficient (Wildman–Crippen LogP) is 9.37. The summed E-state index contributed by atoms with van der Waals surface area (Å²) in [6.45, 7) is 5.61. The van der Waals surface area contributed by atoms with E-state index in [0.29, 0.717) is 43.8 Å². The van der Waals surface area contributed by atoms with E-state index < -0.39 is 11.6 Å². The van der Waals surface area contributed by atoms with Gasteiger partial charge in [0.1, 0.15) is 5.75 Å². The third-order valence-corrected chi connectivity index (χ3v) is 7.40. The highest BCUT2D eigenvalue weighted by molar-refractivity contribution is 5.65. The second-order valence-corrected chi connectivity index (χ2v) is 10.3. The minimum absolute atomic E-state index is 0.00929. The van der Waals surface area contributed by atoms with E-state index in [2.05, 4.69) is 13.8 Å². The van der Waals surface area contributed by atoms with Crippen molar-refractivity contribution in [2.24, 2.45) is 0 Å². The van der Waals surface area contributed by atoms with Crippen LogP contribution < -0.4 is 9.47 Å². The Morgan fingerprint density at radius 2 is 1.44 bits per heavy atom. The number of halogens is 3. The average molecular weight is 541 g/mol. The molecule has 0 spiro atoms. The number of benzene rings is 3. The van der Waals surface area contributed by atoms with Crippen LogP contribution in [0.4, 0.5) is 13.2 Å². The van der Waals surface area contributed by atoms with E-state index in [4.69, 9.17) is 14.2 Å². The number of ether oxygens (including phenoxy) is 3. The van der Waals surface area contributed by atoms with Crippen LogP contribution in [0.2, 0.25) is 0 Å². The Labute approximate surface area is 230 Å². The molecule has 0 saturated heterocycles. The van der Waals surface area contributed by atoms with Gasteiger partial charge in [0.05, 0.1) is 25.9 Å². The van der Waals surface area contributed by atoms with Crippen LogP contribution in [0.5, 0.6) is 11.5 Å². The Bertz CT molecular complexity index is 1190. The third kappa shape index (κ3) is 7.78. The van der Waals surface area contributed by atoms with E-state index in [1.807, 2.05) is 6.07 Å². The van der Waals surface area contributed by atoms with Crippen molar-refractivity contribution in [3.05, 3.63) is 83.2 Å². The fourth-order valence-corrected chi connectivity index (χ4v) is 5.00. The summed E-state index contributed by atoms with van der Waals surface area (Å²) in [5, 5.41) is 0. The molecular weight excluding hydrogens is 501 g/mol. The topological polar surface area (TPSA) is 27.7 Å². The molecule has 0 aromatic heterocycles. The summed E-state index contributed by atoms with van der Waals surface area (Å²) in [4.78, 5) is 0. The molecule has 0 heterocycles. The molecule has 0 amide bonds. The zero-order valence-electron chi connectivity index (χ0n) is 23.0. The van der Waals surface area contributed by atoms with Gasteiger partial charge in [-0.05, 0) is 85.4 Å². The zero-order valence-corrected chi connectivity index (χ0v) is 23.0. The van der Waals surface area contributed by atoms with E-state index in [1.165, 1.54) is 6.07 Å². The average Bonchev–Trinajstić information content (AvgIpc) is 2.95. The van der Waals surface area contributed by atoms with Crippen molar-refractivity contribution >= 4 is 0 Å². The van der Waals surface area contributed by atoms with E-state index in [-0.39, 0.29) is 29.2 Å². The molecule has 6 heteroatoms. The first-order valence-corrected chi connectivity index (χ1v) is 14.2. The maximum Gasteiger partial charge on any atom is 0.166 e.